The molecule has 12 rings (SSSR count). The molecule has 0 radical (unpaired) electrons. The van der Waals surface area contributed by atoms with E-state index in [4.69, 9.17) is 23.4 Å². The molecule has 4 aromatic carbocycles. The number of aliphatic hydroxyl groups excluding tert-OH is 3. The first kappa shape index (κ1) is 52.5. The highest BCUT2D eigenvalue weighted by molar-refractivity contribution is 5.90. The Morgan fingerprint density at radius 3 is 2.30 bits per heavy atom. The highest BCUT2D eigenvalue weighted by atomic mass is 16.6. The smallest absolute Gasteiger partial charge is 0.340 e. The number of rotatable bonds is 10. The number of fused-ring (bicyclic) bond motifs is 13. The molecule has 1 aromatic heterocycles. The molecule has 3 aliphatic heterocycles. The van der Waals surface area contributed by atoms with E-state index in [9.17, 15) is 20.1 Å². The predicted octanol–water partition coefficient (Wildman–Crippen LogP) is 11.9. The summed E-state index contributed by atoms with van der Waals surface area (Å²) in [6.07, 6.45) is 12.2. The van der Waals surface area contributed by atoms with Gasteiger partial charge in [0.15, 0.2) is 17.8 Å². The van der Waals surface area contributed by atoms with Crippen LogP contribution in [0.15, 0.2) is 111 Å². The van der Waals surface area contributed by atoms with E-state index in [0.29, 0.717) is 47.1 Å². The van der Waals surface area contributed by atoms with E-state index < -0.39 is 47.9 Å². The molecule has 2 bridgehead atoms. The van der Waals surface area contributed by atoms with Crippen molar-refractivity contribution in [3.63, 3.8) is 0 Å². The van der Waals surface area contributed by atoms with Crippen LogP contribution in [-0.2, 0) is 42.2 Å². The summed E-state index contributed by atoms with van der Waals surface area (Å²) in [6, 6.07) is 32.5. The molecule has 4 aliphatic carbocycles. The van der Waals surface area contributed by atoms with Gasteiger partial charge < -0.3 is 38.7 Å². The minimum Gasteiger partial charge on any atom is -0.482 e. The second-order valence-corrected chi connectivity index (χ2v) is 23.3. The maximum Gasteiger partial charge on any atom is 0.340 e. The number of carbonyl (C=O) groups is 2. The van der Waals surface area contributed by atoms with E-state index in [2.05, 4.69) is 78.9 Å². The minimum atomic E-state index is -1.27. The van der Waals surface area contributed by atoms with Crippen LogP contribution >= 0.6 is 0 Å². The minimum absolute atomic E-state index is 0.0312. The molecule has 0 amide bonds. The number of methoxy groups -OCH3 is 1. The topological polar surface area (TPSA) is 162 Å². The average molecular weight is 1030 g/mol. The van der Waals surface area contributed by atoms with Crippen LogP contribution in [0.25, 0.3) is 11.0 Å². The molecule has 76 heavy (non-hydrogen) atoms. The fourth-order valence-electron chi connectivity index (χ4n) is 15.6. The van der Waals surface area contributed by atoms with Crippen LogP contribution in [0, 0.1) is 17.8 Å². The number of ether oxygens (including phenoxy) is 4. The number of benzene rings is 4. The van der Waals surface area contributed by atoms with Crippen molar-refractivity contribution in [2.45, 2.75) is 170 Å². The zero-order valence-corrected chi connectivity index (χ0v) is 44.4. The predicted molar refractivity (Wildman–Crippen MR) is 290 cm³/mol. The first-order chi connectivity index (χ1) is 37.1. The van der Waals surface area contributed by atoms with Crippen LogP contribution in [0.5, 0.6) is 5.75 Å². The first-order valence-electron chi connectivity index (χ1n) is 28.6. The summed E-state index contributed by atoms with van der Waals surface area (Å²) >= 11 is 0. The Morgan fingerprint density at radius 1 is 0.763 bits per heavy atom. The monoisotopic (exact) mass is 1030 g/mol. The molecule has 7 aliphatic rings. The Bertz CT molecular complexity index is 2980. The summed E-state index contributed by atoms with van der Waals surface area (Å²) < 4.78 is 33.4. The van der Waals surface area contributed by atoms with Gasteiger partial charge in [0.25, 0.3) is 0 Å². The van der Waals surface area contributed by atoms with Crippen LogP contribution in [0.4, 0.5) is 0 Å². The normalized spacial score (nSPS) is 28.6. The van der Waals surface area contributed by atoms with E-state index >= 15 is 9.59 Å². The third kappa shape index (κ3) is 9.66. The summed E-state index contributed by atoms with van der Waals surface area (Å²) in [5, 5.41) is 32.3. The van der Waals surface area contributed by atoms with Crippen LogP contribution in [0.3, 0.4) is 0 Å². The van der Waals surface area contributed by atoms with Crippen LogP contribution in [0.2, 0.25) is 0 Å². The highest BCUT2D eigenvalue weighted by Gasteiger charge is 2.62. The maximum atomic E-state index is 15.6. The third-order valence-electron chi connectivity index (χ3n) is 19.3. The number of aliphatic hydroxyl groups is 3. The van der Waals surface area contributed by atoms with Gasteiger partial charge in [0, 0.05) is 53.9 Å². The molecular formula is C65H76O11. The van der Waals surface area contributed by atoms with Crippen molar-refractivity contribution < 1.29 is 48.3 Å². The second-order valence-electron chi connectivity index (χ2n) is 23.3. The van der Waals surface area contributed by atoms with Gasteiger partial charge in [-0.15, -0.1) is 0 Å². The fourth-order valence-corrected chi connectivity index (χ4v) is 15.6. The van der Waals surface area contributed by atoms with Crippen molar-refractivity contribution in [1.29, 1.82) is 0 Å². The van der Waals surface area contributed by atoms with E-state index in [1.807, 2.05) is 6.07 Å². The van der Waals surface area contributed by atoms with Gasteiger partial charge in [0.1, 0.15) is 11.3 Å². The van der Waals surface area contributed by atoms with Crippen molar-refractivity contribution in [3.05, 3.63) is 157 Å². The number of hydrogen-bond acceptors (Lipinski definition) is 11. The maximum absolute atomic E-state index is 15.6. The Kier molecular flexibility index (Phi) is 15.5. The van der Waals surface area contributed by atoms with Crippen molar-refractivity contribution in [2.75, 3.05) is 26.9 Å². The van der Waals surface area contributed by atoms with Gasteiger partial charge in [0.2, 0.25) is 0 Å². The second kappa shape index (κ2) is 22.4. The molecule has 11 heteroatoms. The number of esters is 2. The van der Waals surface area contributed by atoms with Crippen LogP contribution in [-0.4, -0.2) is 65.9 Å². The summed E-state index contributed by atoms with van der Waals surface area (Å²) in [7, 11) is 1.52. The SMILES string of the molecule is COCC(CCO)c1c(CO)c2ccc3c(c2oc1=O)C1OC(=O)CC2CC(c4cccc(C5(c6ccccc6)CCCC5)c4)CCC2c2ccc(cc2)CCC(=C(C)CO)C(=O)OC1C1(CCCC2CCCCC21)O3. The molecule has 4 heterocycles. The summed E-state index contributed by atoms with van der Waals surface area (Å²) in [6.45, 7) is 0.784. The number of aryl methyl sites for hydroxylation is 1. The molecule has 5 aromatic rings. The number of carbonyl (C=O) groups excluding carboxylic acids is 2. The van der Waals surface area contributed by atoms with E-state index in [-0.39, 0.29) is 84.4 Å². The zero-order chi connectivity index (χ0) is 52.6. The average Bonchev–Trinajstić information content (AvgIpc) is 4.09. The fraction of sp³-hybridized carbons (Fsp3) is 0.523. The molecule has 4 saturated carbocycles. The molecule has 1 spiro atoms. The Labute approximate surface area is 447 Å². The van der Waals surface area contributed by atoms with Crippen molar-refractivity contribution in [1.82, 2.24) is 0 Å². The van der Waals surface area contributed by atoms with E-state index in [1.54, 1.807) is 13.0 Å². The van der Waals surface area contributed by atoms with Crippen molar-refractivity contribution >= 4 is 22.9 Å². The summed E-state index contributed by atoms with van der Waals surface area (Å²) in [5.74, 6) is -0.826. The van der Waals surface area contributed by atoms with Gasteiger partial charge in [-0.2, -0.15) is 0 Å². The molecule has 9 unspecified atom stereocenters. The van der Waals surface area contributed by atoms with Gasteiger partial charge in [-0.05, 0) is 159 Å². The van der Waals surface area contributed by atoms with Gasteiger partial charge in [-0.3, -0.25) is 4.79 Å². The lowest BCUT2D eigenvalue weighted by Gasteiger charge is -2.56. The third-order valence-corrected chi connectivity index (χ3v) is 19.3. The lowest BCUT2D eigenvalue weighted by atomic mass is 9.59. The van der Waals surface area contributed by atoms with Crippen LogP contribution in [0.1, 0.15) is 184 Å². The van der Waals surface area contributed by atoms with E-state index in [0.717, 1.165) is 76.2 Å². The Morgan fingerprint density at radius 2 is 1.54 bits per heavy atom. The quantitative estimate of drug-likeness (QED) is 0.0693. The molecule has 3 N–H and O–H groups in total. The summed E-state index contributed by atoms with van der Waals surface area (Å²) in [5.41, 5.74) is 6.17. The zero-order valence-electron chi connectivity index (χ0n) is 44.4. The first-order valence-corrected chi connectivity index (χ1v) is 28.6. The van der Waals surface area contributed by atoms with Gasteiger partial charge in [0.05, 0.1) is 25.4 Å². The molecule has 11 nitrogen and oxygen atoms in total. The molecule has 0 saturated heterocycles. The van der Waals surface area contributed by atoms with Gasteiger partial charge >= 0.3 is 17.6 Å². The molecule has 4 fully saturated rings. The molecule has 9 atom stereocenters. The van der Waals surface area contributed by atoms with Crippen LogP contribution < -0.4 is 10.4 Å². The molecule has 402 valence electrons. The Balaban J connectivity index is 1.05. The van der Waals surface area contributed by atoms with Gasteiger partial charge in [-0.1, -0.05) is 111 Å². The largest absolute Gasteiger partial charge is 0.482 e. The lowest BCUT2D eigenvalue weighted by Crippen LogP contribution is -2.63. The van der Waals surface area contributed by atoms with Crippen molar-refractivity contribution in [2.24, 2.45) is 17.8 Å². The summed E-state index contributed by atoms with van der Waals surface area (Å²) in [4.78, 5) is 45.3. The standard InChI is InChI=1S/C65H76O11/c1-40(37-67)50-25-21-41-19-22-42(23-20-41)51-26-24-45(44-13-10-17-49(35-44)64(30-8-9-31-64)48-15-4-3-5-16-48)34-47(51)36-56(69)73-60-58-55(76-65(61(60)75-62(50)70)32-11-14-43-12-6-7-18-54(43)65)28-27-52-53(38-68)57(63(71)74-59(52)58)46(29-33-66)39-72-2/h3-5,10,13,15-17,19-20,22-23,27-28,35,43,45-47,51,54,60-61,66-68H,6-9,11-12,14,18,21,24-26,29-34,36-39H2,1-2H3. The molecular weight excluding hydrogens is 957 g/mol. The number of hydrogen-bond donors (Lipinski definition) is 3. The highest BCUT2D eigenvalue weighted by Crippen LogP contribution is 2.58. The van der Waals surface area contributed by atoms with Crippen molar-refractivity contribution in [3.8, 4) is 5.75 Å². The van der Waals surface area contributed by atoms with E-state index in [1.165, 1.54) is 42.2 Å². The van der Waals surface area contributed by atoms with Gasteiger partial charge in [-0.25, -0.2) is 9.59 Å². The lowest BCUT2D eigenvalue weighted by molar-refractivity contribution is -0.217. The Hall–Kier alpha value is -5.59.